The molecule has 1 aromatic heterocycles. The maximum Gasteiger partial charge on any atom is 0.340 e. The molecule has 0 spiro atoms. The Labute approximate surface area is 124 Å². The quantitative estimate of drug-likeness (QED) is 0.882. The van der Waals surface area contributed by atoms with Crippen molar-refractivity contribution in [2.24, 2.45) is 0 Å². The van der Waals surface area contributed by atoms with E-state index in [0.717, 1.165) is 6.07 Å². The Balaban J connectivity index is 1.89. The third-order valence-corrected chi connectivity index (χ3v) is 2.67. The van der Waals surface area contributed by atoms with Crippen molar-refractivity contribution in [1.82, 2.24) is 4.98 Å². The molecule has 0 aliphatic rings. The molecule has 0 aliphatic carbocycles. The van der Waals surface area contributed by atoms with Crippen LogP contribution < -0.4 is 5.32 Å². The highest BCUT2D eigenvalue weighted by atomic mass is 35.5. The SMILES string of the molecule is O=C(COC(=O)c1cccnc1)Nc1ccc(Cl)cc1F. The topological polar surface area (TPSA) is 68.3 Å². The molecular formula is C14H10ClFN2O3. The second kappa shape index (κ2) is 6.81. The van der Waals surface area contributed by atoms with E-state index in [1.165, 1.54) is 30.6 Å². The summed E-state index contributed by atoms with van der Waals surface area (Å²) in [6.07, 6.45) is 2.83. The van der Waals surface area contributed by atoms with Crippen LogP contribution in [0.25, 0.3) is 0 Å². The number of rotatable bonds is 4. The minimum absolute atomic E-state index is 0.0400. The normalized spacial score (nSPS) is 10.0. The van der Waals surface area contributed by atoms with Gasteiger partial charge in [0.25, 0.3) is 5.91 Å². The van der Waals surface area contributed by atoms with Crippen molar-refractivity contribution < 1.29 is 18.7 Å². The summed E-state index contributed by atoms with van der Waals surface area (Å²) in [7, 11) is 0. The van der Waals surface area contributed by atoms with E-state index in [-0.39, 0.29) is 16.3 Å². The van der Waals surface area contributed by atoms with E-state index in [2.05, 4.69) is 10.3 Å². The van der Waals surface area contributed by atoms with Gasteiger partial charge in [-0.3, -0.25) is 9.78 Å². The smallest absolute Gasteiger partial charge is 0.340 e. The third kappa shape index (κ3) is 4.25. The van der Waals surface area contributed by atoms with Crippen molar-refractivity contribution in [2.45, 2.75) is 0 Å². The van der Waals surface area contributed by atoms with E-state index >= 15 is 0 Å². The number of benzene rings is 1. The van der Waals surface area contributed by atoms with Crippen LogP contribution in [0, 0.1) is 5.82 Å². The summed E-state index contributed by atoms with van der Waals surface area (Å²) in [5, 5.41) is 2.50. The number of ether oxygens (including phenoxy) is 1. The average Bonchev–Trinajstić information content (AvgIpc) is 2.48. The van der Waals surface area contributed by atoms with Gasteiger partial charge in [0.15, 0.2) is 6.61 Å². The first-order valence-corrected chi connectivity index (χ1v) is 6.26. The lowest BCUT2D eigenvalue weighted by molar-refractivity contribution is -0.119. The van der Waals surface area contributed by atoms with Gasteiger partial charge in [-0.2, -0.15) is 0 Å². The average molecular weight is 309 g/mol. The van der Waals surface area contributed by atoms with Crippen LogP contribution in [0.4, 0.5) is 10.1 Å². The maximum atomic E-state index is 13.5. The fourth-order valence-corrected chi connectivity index (χ4v) is 1.63. The Morgan fingerprint density at radius 3 is 2.81 bits per heavy atom. The van der Waals surface area contributed by atoms with Gasteiger partial charge in [0.2, 0.25) is 0 Å². The van der Waals surface area contributed by atoms with E-state index in [4.69, 9.17) is 16.3 Å². The summed E-state index contributed by atoms with van der Waals surface area (Å²) >= 11 is 5.60. The number of hydrogen-bond donors (Lipinski definition) is 1. The summed E-state index contributed by atoms with van der Waals surface area (Å²) in [6.45, 7) is -0.532. The Morgan fingerprint density at radius 1 is 1.33 bits per heavy atom. The zero-order valence-electron chi connectivity index (χ0n) is 10.7. The molecule has 21 heavy (non-hydrogen) atoms. The van der Waals surface area contributed by atoms with E-state index in [0.29, 0.717) is 0 Å². The first-order chi connectivity index (χ1) is 10.1. The van der Waals surface area contributed by atoms with E-state index in [1.54, 1.807) is 6.07 Å². The molecule has 0 radical (unpaired) electrons. The number of aromatic nitrogens is 1. The highest BCUT2D eigenvalue weighted by Crippen LogP contribution is 2.18. The molecule has 0 saturated heterocycles. The molecule has 2 rings (SSSR count). The molecule has 0 aliphatic heterocycles. The lowest BCUT2D eigenvalue weighted by Crippen LogP contribution is -2.21. The first-order valence-electron chi connectivity index (χ1n) is 5.88. The van der Waals surface area contributed by atoms with Gasteiger partial charge < -0.3 is 10.1 Å². The standard InChI is InChI=1S/C14H10ClFN2O3/c15-10-3-4-12(11(16)6-10)18-13(19)8-21-14(20)9-2-1-5-17-7-9/h1-7H,8H2,(H,18,19). The lowest BCUT2D eigenvalue weighted by atomic mass is 10.3. The number of pyridine rings is 1. The maximum absolute atomic E-state index is 13.5. The van der Waals surface area contributed by atoms with Crippen molar-refractivity contribution in [1.29, 1.82) is 0 Å². The number of carbonyl (C=O) groups is 2. The van der Waals surface area contributed by atoms with Crippen molar-refractivity contribution in [2.75, 3.05) is 11.9 Å². The Kier molecular flexibility index (Phi) is 4.84. The summed E-state index contributed by atoms with van der Waals surface area (Å²) in [6, 6.07) is 6.89. The van der Waals surface area contributed by atoms with Crippen LogP contribution in [0.1, 0.15) is 10.4 Å². The number of carbonyl (C=O) groups excluding carboxylic acids is 2. The van der Waals surface area contributed by atoms with Crippen LogP contribution in [0.15, 0.2) is 42.7 Å². The molecule has 0 atom stereocenters. The van der Waals surface area contributed by atoms with E-state index < -0.39 is 24.3 Å². The summed E-state index contributed by atoms with van der Waals surface area (Å²) in [5.41, 5.74) is 0.185. The first kappa shape index (κ1) is 14.9. The van der Waals surface area contributed by atoms with Gasteiger partial charge in [-0.05, 0) is 30.3 Å². The second-order valence-electron chi connectivity index (χ2n) is 3.99. The molecule has 0 fully saturated rings. The molecule has 0 saturated carbocycles. The highest BCUT2D eigenvalue weighted by Gasteiger charge is 2.12. The predicted octanol–water partition coefficient (Wildman–Crippen LogP) is 2.67. The van der Waals surface area contributed by atoms with Crippen LogP contribution in [-0.4, -0.2) is 23.5 Å². The molecule has 0 unspecified atom stereocenters. The van der Waals surface area contributed by atoms with Gasteiger partial charge in [-0.15, -0.1) is 0 Å². The minimum Gasteiger partial charge on any atom is -0.452 e. The van der Waals surface area contributed by atoms with Gasteiger partial charge in [-0.25, -0.2) is 9.18 Å². The van der Waals surface area contributed by atoms with Crippen LogP contribution in [0.5, 0.6) is 0 Å². The molecule has 7 heteroatoms. The molecule has 1 aromatic carbocycles. The Morgan fingerprint density at radius 2 is 2.14 bits per heavy atom. The molecule has 1 amide bonds. The zero-order valence-corrected chi connectivity index (χ0v) is 11.4. The van der Waals surface area contributed by atoms with Gasteiger partial charge in [-0.1, -0.05) is 11.6 Å². The summed E-state index contributed by atoms with van der Waals surface area (Å²) in [5.74, 6) is -2.02. The number of anilines is 1. The fourth-order valence-electron chi connectivity index (χ4n) is 1.48. The van der Waals surface area contributed by atoms with Crippen LogP contribution in [0.2, 0.25) is 5.02 Å². The second-order valence-corrected chi connectivity index (χ2v) is 4.43. The summed E-state index contributed by atoms with van der Waals surface area (Å²) in [4.78, 5) is 26.9. The molecule has 0 bridgehead atoms. The molecular weight excluding hydrogens is 299 g/mol. The third-order valence-electron chi connectivity index (χ3n) is 2.44. The van der Waals surface area contributed by atoms with Crippen LogP contribution in [-0.2, 0) is 9.53 Å². The van der Waals surface area contributed by atoms with Gasteiger partial charge in [0.1, 0.15) is 5.82 Å². The Bertz CT molecular complexity index is 665. The van der Waals surface area contributed by atoms with E-state index in [1.807, 2.05) is 0 Å². The lowest BCUT2D eigenvalue weighted by Gasteiger charge is -2.07. The van der Waals surface area contributed by atoms with Gasteiger partial charge in [0.05, 0.1) is 11.3 Å². The van der Waals surface area contributed by atoms with Crippen LogP contribution in [0.3, 0.4) is 0 Å². The largest absolute Gasteiger partial charge is 0.452 e. The molecule has 5 nitrogen and oxygen atoms in total. The molecule has 1 heterocycles. The molecule has 1 N–H and O–H groups in total. The van der Waals surface area contributed by atoms with Crippen molar-refractivity contribution in [3.63, 3.8) is 0 Å². The number of nitrogens with zero attached hydrogens (tertiary/aromatic N) is 1. The molecule has 108 valence electrons. The van der Waals surface area contributed by atoms with Gasteiger partial charge >= 0.3 is 5.97 Å². The highest BCUT2D eigenvalue weighted by molar-refractivity contribution is 6.30. The number of halogens is 2. The summed E-state index contributed by atoms with van der Waals surface area (Å²) < 4.78 is 18.2. The van der Waals surface area contributed by atoms with Crippen molar-refractivity contribution >= 4 is 29.2 Å². The zero-order chi connectivity index (χ0) is 15.2. The monoisotopic (exact) mass is 308 g/mol. The number of nitrogens with one attached hydrogen (secondary N) is 1. The van der Waals surface area contributed by atoms with Crippen LogP contribution >= 0.6 is 11.6 Å². The number of esters is 1. The van der Waals surface area contributed by atoms with Gasteiger partial charge in [0, 0.05) is 17.4 Å². The van der Waals surface area contributed by atoms with E-state index in [9.17, 15) is 14.0 Å². The number of amides is 1. The van der Waals surface area contributed by atoms with Crippen molar-refractivity contribution in [3.05, 3.63) is 59.1 Å². The van der Waals surface area contributed by atoms with Crippen molar-refractivity contribution in [3.8, 4) is 0 Å². The molecule has 2 aromatic rings. The Hall–Kier alpha value is -2.47. The number of hydrogen-bond acceptors (Lipinski definition) is 4. The fraction of sp³-hybridized carbons (Fsp3) is 0.0714. The minimum atomic E-state index is -0.685. The predicted molar refractivity (Wildman–Crippen MR) is 74.6 cm³/mol.